The highest BCUT2D eigenvalue weighted by molar-refractivity contribution is 7.99. The maximum absolute atomic E-state index is 11.2. The molecule has 1 aliphatic heterocycles. The molecule has 1 unspecified atom stereocenters. The molecule has 92 valence electrons. The first-order valence-corrected chi connectivity index (χ1v) is 6.69. The molecule has 0 radical (unpaired) electrons. The van der Waals surface area contributed by atoms with Crippen molar-refractivity contribution >= 4 is 17.7 Å². The maximum Gasteiger partial charge on any atom is 0.342 e. The van der Waals surface area contributed by atoms with Crippen LogP contribution >= 0.6 is 11.8 Å². The number of hydrogen-bond acceptors (Lipinski definition) is 4. The van der Waals surface area contributed by atoms with Gasteiger partial charge in [0.2, 0.25) is 0 Å². The van der Waals surface area contributed by atoms with Crippen LogP contribution in [0.25, 0.3) is 0 Å². The van der Waals surface area contributed by atoms with Crippen LogP contribution in [-0.2, 0) is 6.54 Å². The highest BCUT2D eigenvalue weighted by Crippen LogP contribution is 2.23. The minimum atomic E-state index is -1.21. The van der Waals surface area contributed by atoms with Crippen LogP contribution in [-0.4, -0.2) is 32.1 Å². The van der Waals surface area contributed by atoms with E-state index in [0.29, 0.717) is 5.92 Å². The van der Waals surface area contributed by atoms with E-state index < -0.39 is 11.5 Å². The number of aromatic nitrogens is 2. The fourth-order valence-corrected chi connectivity index (χ4v) is 3.09. The van der Waals surface area contributed by atoms with Crippen molar-refractivity contribution in [2.24, 2.45) is 5.92 Å². The molecule has 1 aliphatic rings. The van der Waals surface area contributed by atoms with Gasteiger partial charge in [-0.25, -0.2) is 4.79 Å². The molecule has 1 aromatic rings. The van der Waals surface area contributed by atoms with E-state index in [1.54, 1.807) is 4.57 Å². The third kappa shape index (κ3) is 3.09. The van der Waals surface area contributed by atoms with Crippen molar-refractivity contribution < 1.29 is 9.90 Å². The molecule has 0 amide bonds. The Labute approximate surface area is 103 Å². The quantitative estimate of drug-likeness (QED) is 0.874. The van der Waals surface area contributed by atoms with Crippen molar-refractivity contribution in [1.29, 1.82) is 0 Å². The lowest BCUT2D eigenvalue weighted by atomic mass is 10.1. The Morgan fingerprint density at radius 3 is 3.12 bits per heavy atom. The molecule has 0 bridgehead atoms. The van der Waals surface area contributed by atoms with Crippen LogP contribution in [0.15, 0.2) is 17.3 Å². The van der Waals surface area contributed by atoms with Gasteiger partial charge in [0.1, 0.15) is 5.56 Å². The maximum atomic E-state index is 11.2. The zero-order valence-corrected chi connectivity index (χ0v) is 10.2. The summed E-state index contributed by atoms with van der Waals surface area (Å²) in [5.74, 6) is 1.63. The first kappa shape index (κ1) is 12.2. The van der Waals surface area contributed by atoms with Gasteiger partial charge in [0, 0.05) is 12.7 Å². The zero-order chi connectivity index (χ0) is 12.3. The summed E-state index contributed by atoms with van der Waals surface area (Å²) < 4.78 is 1.71. The largest absolute Gasteiger partial charge is 0.477 e. The summed E-state index contributed by atoms with van der Waals surface area (Å²) in [5.41, 5.74) is -0.928. The standard InChI is InChI=1S/C11H14N2O3S/c14-10-9(11(15)16)5-13(7-12-10)4-8-2-1-3-17-6-8/h5,7-8H,1-4,6H2,(H,15,16). The van der Waals surface area contributed by atoms with Crippen LogP contribution in [0.5, 0.6) is 0 Å². The molecule has 2 rings (SSSR count). The second-order valence-corrected chi connectivity index (χ2v) is 5.33. The molecule has 1 saturated heterocycles. The summed E-state index contributed by atoms with van der Waals surface area (Å²) in [6.45, 7) is 0.737. The van der Waals surface area contributed by atoms with Gasteiger partial charge in [-0.3, -0.25) is 4.79 Å². The summed E-state index contributed by atoms with van der Waals surface area (Å²) in [5, 5.41) is 8.84. The predicted molar refractivity (Wildman–Crippen MR) is 65.5 cm³/mol. The molecular formula is C11H14N2O3S. The Bertz CT molecular complexity index is 466. The van der Waals surface area contributed by atoms with E-state index in [0.717, 1.165) is 18.7 Å². The van der Waals surface area contributed by atoms with Crippen molar-refractivity contribution in [2.75, 3.05) is 11.5 Å². The Hall–Kier alpha value is -1.30. The topological polar surface area (TPSA) is 72.2 Å². The van der Waals surface area contributed by atoms with Crippen LogP contribution in [0.2, 0.25) is 0 Å². The van der Waals surface area contributed by atoms with Gasteiger partial charge in [-0.15, -0.1) is 0 Å². The lowest BCUT2D eigenvalue weighted by Gasteiger charge is -2.22. The molecule has 1 N–H and O–H groups in total. The van der Waals surface area contributed by atoms with Gasteiger partial charge in [-0.1, -0.05) is 0 Å². The molecule has 1 aromatic heterocycles. The number of rotatable bonds is 3. The zero-order valence-electron chi connectivity index (χ0n) is 9.33. The molecule has 0 aromatic carbocycles. The number of hydrogen-bond donors (Lipinski definition) is 1. The third-order valence-electron chi connectivity index (χ3n) is 2.80. The second kappa shape index (κ2) is 5.35. The van der Waals surface area contributed by atoms with Crippen molar-refractivity contribution in [2.45, 2.75) is 19.4 Å². The van der Waals surface area contributed by atoms with Crippen molar-refractivity contribution in [3.8, 4) is 0 Å². The summed E-state index contributed by atoms with van der Waals surface area (Å²) >= 11 is 1.92. The highest BCUT2D eigenvalue weighted by atomic mass is 32.2. The van der Waals surface area contributed by atoms with Crippen molar-refractivity contribution in [1.82, 2.24) is 9.55 Å². The first-order chi connectivity index (χ1) is 8.16. The number of carbonyl (C=O) groups is 1. The molecular weight excluding hydrogens is 240 g/mol. The first-order valence-electron chi connectivity index (χ1n) is 5.54. The van der Waals surface area contributed by atoms with Gasteiger partial charge in [-0.05, 0) is 30.3 Å². The van der Waals surface area contributed by atoms with Gasteiger partial charge in [0.25, 0.3) is 5.56 Å². The Morgan fingerprint density at radius 1 is 1.65 bits per heavy atom. The van der Waals surface area contributed by atoms with E-state index in [2.05, 4.69) is 4.98 Å². The number of carboxylic acids is 1. The molecule has 0 saturated carbocycles. The molecule has 0 aliphatic carbocycles. The Kier molecular flexibility index (Phi) is 3.83. The minimum Gasteiger partial charge on any atom is -0.477 e. The van der Waals surface area contributed by atoms with Crippen LogP contribution in [0.4, 0.5) is 0 Å². The van der Waals surface area contributed by atoms with Gasteiger partial charge in [-0.2, -0.15) is 16.7 Å². The van der Waals surface area contributed by atoms with Gasteiger partial charge in [0.15, 0.2) is 0 Å². The predicted octanol–water partition coefficient (Wildman–Crippen LogP) is 1.08. The molecule has 5 nitrogen and oxygen atoms in total. The van der Waals surface area contributed by atoms with Gasteiger partial charge < -0.3 is 9.67 Å². The highest BCUT2D eigenvalue weighted by Gasteiger charge is 2.15. The number of nitrogens with zero attached hydrogens (tertiary/aromatic N) is 2. The molecule has 1 fully saturated rings. The average Bonchev–Trinajstić information content (AvgIpc) is 2.32. The molecule has 6 heteroatoms. The van der Waals surface area contributed by atoms with E-state index in [-0.39, 0.29) is 5.56 Å². The van der Waals surface area contributed by atoms with E-state index in [1.165, 1.54) is 24.7 Å². The molecule has 17 heavy (non-hydrogen) atoms. The van der Waals surface area contributed by atoms with Crippen molar-refractivity contribution in [3.05, 3.63) is 28.4 Å². The van der Waals surface area contributed by atoms with E-state index in [1.807, 2.05) is 11.8 Å². The van der Waals surface area contributed by atoms with Crippen LogP contribution in [0, 0.1) is 5.92 Å². The van der Waals surface area contributed by atoms with E-state index in [9.17, 15) is 9.59 Å². The minimum absolute atomic E-state index is 0.254. The molecule has 1 atom stereocenters. The van der Waals surface area contributed by atoms with Crippen LogP contribution < -0.4 is 5.56 Å². The number of aromatic carboxylic acids is 1. The lowest BCUT2D eigenvalue weighted by Crippen LogP contribution is -2.23. The average molecular weight is 254 g/mol. The SMILES string of the molecule is O=C(O)c1cn(CC2CCCSC2)cnc1=O. The fourth-order valence-electron chi connectivity index (χ4n) is 1.95. The monoisotopic (exact) mass is 254 g/mol. The van der Waals surface area contributed by atoms with Gasteiger partial charge in [0.05, 0.1) is 6.33 Å². The number of thioether (sulfide) groups is 1. The fraction of sp³-hybridized carbons (Fsp3) is 0.545. The summed E-state index contributed by atoms with van der Waals surface area (Å²) in [6.07, 6.45) is 5.17. The van der Waals surface area contributed by atoms with Gasteiger partial charge >= 0.3 is 5.97 Å². The lowest BCUT2D eigenvalue weighted by molar-refractivity contribution is 0.0693. The number of carboxylic acid groups (broad SMARTS) is 1. The molecule has 0 spiro atoms. The normalized spacial score (nSPS) is 20.1. The summed E-state index contributed by atoms with van der Waals surface area (Å²) in [7, 11) is 0. The summed E-state index contributed by atoms with van der Waals surface area (Å²) in [4.78, 5) is 25.6. The second-order valence-electron chi connectivity index (χ2n) is 4.18. The Balaban J connectivity index is 2.13. The Morgan fingerprint density at radius 2 is 2.47 bits per heavy atom. The van der Waals surface area contributed by atoms with Crippen LogP contribution in [0.1, 0.15) is 23.2 Å². The van der Waals surface area contributed by atoms with Crippen LogP contribution in [0.3, 0.4) is 0 Å². The van der Waals surface area contributed by atoms with E-state index in [4.69, 9.17) is 5.11 Å². The third-order valence-corrected chi connectivity index (χ3v) is 4.09. The van der Waals surface area contributed by atoms with E-state index >= 15 is 0 Å². The smallest absolute Gasteiger partial charge is 0.342 e. The van der Waals surface area contributed by atoms with Crippen molar-refractivity contribution in [3.63, 3.8) is 0 Å². The molecule has 2 heterocycles. The summed E-state index contributed by atoms with van der Waals surface area (Å²) in [6, 6.07) is 0.